The second-order valence-electron chi connectivity index (χ2n) is 18.2. The summed E-state index contributed by atoms with van der Waals surface area (Å²) in [6, 6.07) is 0. The Labute approximate surface area is 424 Å². The number of aliphatic hydroxyl groups excluding tert-OH is 3. The SMILES string of the molecule is CCCCCCCC/C=C\CCCCCCCCC[C@H](O)CC(=O)SCCNC(=O)CCNC(=O)[C@H](O)C(C)(C)COP(=O)(O)OP(=O)(O)OC[C@H]1O[C@@H](n2cnc3c(N)ncnc32)[C@H](O)[C@@H]1OP(=O)(O)O. The Morgan fingerprint density at radius 3 is 2.12 bits per heavy atom. The van der Waals surface area contributed by atoms with Crippen molar-refractivity contribution in [1.82, 2.24) is 30.2 Å². The smallest absolute Gasteiger partial charge is 0.393 e. The third kappa shape index (κ3) is 24.3. The molecule has 0 radical (unpaired) electrons. The van der Waals surface area contributed by atoms with Crippen molar-refractivity contribution in [2.24, 2.45) is 5.41 Å². The molecule has 0 spiro atoms. The van der Waals surface area contributed by atoms with E-state index in [1.807, 2.05) is 0 Å². The highest BCUT2D eigenvalue weighted by Crippen LogP contribution is 2.61. The summed E-state index contributed by atoms with van der Waals surface area (Å²) in [6.07, 6.45) is 15.5. The van der Waals surface area contributed by atoms with Gasteiger partial charge >= 0.3 is 23.5 Å². The molecule has 3 heterocycles. The second kappa shape index (κ2) is 32.0. The van der Waals surface area contributed by atoms with Gasteiger partial charge in [0.2, 0.25) is 11.8 Å². The number of amides is 2. The summed E-state index contributed by atoms with van der Waals surface area (Å²) >= 11 is 0.999. The molecule has 0 bridgehead atoms. The quantitative estimate of drug-likeness (QED) is 0.0234. The summed E-state index contributed by atoms with van der Waals surface area (Å²) in [5, 5.41) is 36.7. The van der Waals surface area contributed by atoms with E-state index in [1.165, 1.54) is 84.5 Å². The molecule has 1 fully saturated rings. The van der Waals surface area contributed by atoms with Gasteiger partial charge in [0.15, 0.2) is 22.8 Å². The molecule has 11 N–H and O–H groups in total. The first kappa shape index (κ1) is 63.6. The van der Waals surface area contributed by atoms with E-state index in [2.05, 4.69) is 53.5 Å². The first-order valence-electron chi connectivity index (χ1n) is 24.3. The molecule has 2 aromatic rings. The number of unbranched alkanes of at least 4 members (excludes halogenated alkanes) is 13. The van der Waals surface area contributed by atoms with Crippen LogP contribution in [0.3, 0.4) is 0 Å². The lowest BCUT2D eigenvalue weighted by Crippen LogP contribution is -2.46. The minimum absolute atomic E-state index is 0.0207. The zero-order chi connectivity index (χ0) is 53.4. The van der Waals surface area contributed by atoms with E-state index in [0.717, 1.165) is 54.7 Å². The van der Waals surface area contributed by atoms with Gasteiger partial charge in [0, 0.05) is 37.1 Å². The highest BCUT2D eigenvalue weighted by Gasteiger charge is 2.50. The molecular formula is C43H76N7O18P3S. The Morgan fingerprint density at radius 1 is 0.875 bits per heavy atom. The molecule has 412 valence electrons. The number of imidazole rings is 1. The van der Waals surface area contributed by atoms with Crippen molar-refractivity contribution in [3.05, 3.63) is 24.8 Å². The van der Waals surface area contributed by atoms with Gasteiger partial charge in [-0.25, -0.2) is 28.6 Å². The van der Waals surface area contributed by atoms with E-state index in [4.69, 9.17) is 19.5 Å². The number of carbonyl (C=O) groups excluding carboxylic acids is 3. The van der Waals surface area contributed by atoms with E-state index < -0.39 is 90.7 Å². The molecule has 2 unspecified atom stereocenters. The van der Waals surface area contributed by atoms with Crippen molar-refractivity contribution in [3.63, 3.8) is 0 Å². The fourth-order valence-corrected chi connectivity index (χ4v) is 11.0. The molecule has 1 aliphatic rings. The maximum absolute atomic E-state index is 12.8. The number of nitrogens with zero attached hydrogens (tertiary/aromatic N) is 4. The van der Waals surface area contributed by atoms with Gasteiger partial charge < -0.3 is 56.0 Å². The summed E-state index contributed by atoms with van der Waals surface area (Å²) in [7, 11) is -16.4. The highest BCUT2D eigenvalue weighted by atomic mass is 32.2. The molecule has 0 aromatic carbocycles. The molecule has 3 rings (SSSR count). The van der Waals surface area contributed by atoms with Crippen LogP contribution in [-0.4, -0.2) is 134 Å². The van der Waals surface area contributed by atoms with Crippen molar-refractivity contribution in [1.29, 1.82) is 0 Å². The van der Waals surface area contributed by atoms with Crippen LogP contribution >= 0.6 is 35.2 Å². The molecule has 8 atom stereocenters. The Balaban J connectivity index is 1.27. The number of fused-ring (bicyclic) bond motifs is 1. The monoisotopic (exact) mass is 1100 g/mol. The van der Waals surface area contributed by atoms with Crippen LogP contribution in [0.25, 0.3) is 11.2 Å². The largest absolute Gasteiger partial charge is 0.481 e. The van der Waals surface area contributed by atoms with Crippen LogP contribution < -0.4 is 16.4 Å². The molecular weight excluding hydrogens is 1030 g/mol. The Kier molecular flexibility index (Phi) is 28.2. The number of anilines is 1. The molecule has 25 nitrogen and oxygen atoms in total. The van der Waals surface area contributed by atoms with E-state index in [-0.39, 0.29) is 53.8 Å². The number of rotatable bonds is 38. The molecule has 2 aromatic heterocycles. The van der Waals surface area contributed by atoms with Gasteiger partial charge in [0.25, 0.3) is 0 Å². The van der Waals surface area contributed by atoms with Gasteiger partial charge in [0.05, 0.1) is 25.6 Å². The number of ether oxygens (including phenoxy) is 1. The predicted molar refractivity (Wildman–Crippen MR) is 266 cm³/mol. The van der Waals surface area contributed by atoms with Crippen molar-refractivity contribution in [2.45, 2.75) is 173 Å². The first-order chi connectivity index (χ1) is 33.9. The summed E-state index contributed by atoms with van der Waals surface area (Å²) in [5.41, 5.74) is 4.26. The fraction of sp³-hybridized carbons (Fsp3) is 0.767. The van der Waals surface area contributed by atoms with Crippen molar-refractivity contribution < 1.29 is 85.6 Å². The van der Waals surface area contributed by atoms with Crippen LogP contribution in [-0.2, 0) is 50.7 Å². The van der Waals surface area contributed by atoms with Gasteiger partial charge in [-0.05, 0) is 32.1 Å². The summed E-state index contributed by atoms with van der Waals surface area (Å²) in [6.45, 7) is 2.64. The zero-order valence-electron chi connectivity index (χ0n) is 41.3. The molecule has 72 heavy (non-hydrogen) atoms. The number of nitrogens with two attached hydrogens (primary N) is 1. The molecule has 0 aliphatic carbocycles. The van der Waals surface area contributed by atoms with Crippen LogP contribution in [0, 0.1) is 5.41 Å². The Hall–Kier alpha value is -2.74. The Morgan fingerprint density at radius 2 is 1.49 bits per heavy atom. The van der Waals surface area contributed by atoms with Crippen LogP contribution in [0.2, 0.25) is 0 Å². The maximum atomic E-state index is 12.8. The number of thioether (sulfide) groups is 1. The maximum Gasteiger partial charge on any atom is 0.481 e. The van der Waals surface area contributed by atoms with Gasteiger partial charge in [0.1, 0.15) is 36.3 Å². The minimum Gasteiger partial charge on any atom is -0.393 e. The zero-order valence-corrected chi connectivity index (χ0v) is 44.8. The lowest BCUT2D eigenvalue weighted by atomic mass is 9.87. The van der Waals surface area contributed by atoms with Crippen LogP contribution in [0.5, 0.6) is 0 Å². The van der Waals surface area contributed by atoms with Gasteiger partial charge in [-0.2, -0.15) is 4.31 Å². The van der Waals surface area contributed by atoms with E-state index >= 15 is 0 Å². The minimum atomic E-state index is -5.59. The number of nitrogen functional groups attached to an aromatic ring is 1. The normalized spacial score (nSPS) is 20.1. The molecule has 0 saturated carbocycles. The van der Waals surface area contributed by atoms with Crippen molar-refractivity contribution in [2.75, 3.05) is 37.8 Å². The number of aromatic nitrogens is 4. The predicted octanol–water partition coefficient (Wildman–Crippen LogP) is 5.23. The topological polar surface area (TPSA) is 384 Å². The number of hydrogen-bond donors (Lipinski definition) is 10. The average molecular weight is 1100 g/mol. The van der Waals surface area contributed by atoms with Crippen molar-refractivity contribution in [3.8, 4) is 0 Å². The standard InChI is InChI=1S/C43H76N7O18P3S/c1-4-5-6-7-8-9-10-11-12-13-14-15-16-17-18-19-20-21-31(51)26-34(53)72-25-24-45-33(52)22-23-46-41(56)38(55)43(2,3)28-65-71(62,63)68-70(60,61)64-27-32-37(67-69(57,58)59)36(54)42(66-32)50-30-49-35-39(44)47-29-48-40(35)50/h11-12,29-32,36-38,42,51,54-55H,4-10,13-28H2,1-3H3,(H,45,52)(H,46,56)(H,60,61)(H,62,63)(H2,44,47,48)(H2,57,58,59)/b12-11-/t31-,32+,36+,37+,38-,42+/m0/s1. The van der Waals surface area contributed by atoms with Gasteiger partial charge in [-0.1, -0.05) is 115 Å². The molecule has 2 amide bonds. The number of hydrogen-bond acceptors (Lipinski definition) is 19. The van der Waals surface area contributed by atoms with Gasteiger partial charge in [-0.15, -0.1) is 0 Å². The fourth-order valence-electron chi connectivity index (χ4n) is 7.45. The third-order valence-electron chi connectivity index (χ3n) is 11.5. The number of phosphoric ester groups is 3. The van der Waals surface area contributed by atoms with Crippen LogP contribution in [0.15, 0.2) is 24.8 Å². The van der Waals surface area contributed by atoms with Crippen LogP contribution in [0.4, 0.5) is 5.82 Å². The van der Waals surface area contributed by atoms with Gasteiger partial charge in [-0.3, -0.25) is 32.5 Å². The number of allylic oxidation sites excluding steroid dienone is 2. The average Bonchev–Trinajstić information content (AvgIpc) is 3.86. The van der Waals surface area contributed by atoms with E-state index in [9.17, 15) is 63.0 Å². The first-order valence-corrected chi connectivity index (χ1v) is 29.8. The summed E-state index contributed by atoms with van der Waals surface area (Å²) in [4.78, 5) is 88.6. The lowest BCUT2D eigenvalue weighted by Gasteiger charge is -2.30. The third-order valence-corrected chi connectivity index (χ3v) is 15.5. The number of aliphatic hydroxyl groups is 3. The summed E-state index contributed by atoms with van der Waals surface area (Å²) < 4.78 is 62.5. The van der Waals surface area contributed by atoms with Crippen molar-refractivity contribution >= 4 is 69.1 Å². The van der Waals surface area contributed by atoms with E-state index in [1.54, 1.807) is 0 Å². The Bertz CT molecular complexity index is 2150. The molecule has 1 saturated heterocycles. The highest BCUT2D eigenvalue weighted by molar-refractivity contribution is 8.13. The number of phosphoric acid groups is 3. The number of nitrogens with one attached hydrogen (secondary N) is 2. The summed E-state index contributed by atoms with van der Waals surface area (Å²) in [5.74, 6) is -1.22. The lowest BCUT2D eigenvalue weighted by molar-refractivity contribution is -0.137. The molecule has 1 aliphatic heterocycles. The van der Waals surface area contributed by atoms with E-state index in [0.29, 0.717) is 6.42 Å². The number of carbonyl (C=O) groups is 3. The van der Waals surface area contributed by atoms with Crippen LogP contribution in [0.1, 0.15) is 143 Å². The second-order valence-corrected chi connectivity index (χ2v) is 23.6. The molecule has 29 heteroatoms.